The predicted octanol–water partition coefficient (Wildman–Crippen LogP) is 2.60. The molecule has 1 aromatic heterocycles. The summed E-state index contributed by atoms with van der Waals surface area (Å²) >= 11 is 1.66. The van der Waals surface area contributed by atoms with Crippen LogP contribution in [0, 0.1) is 12.7 Å². The number of nitrogens with zero attached hydrogens (tertiary/aromatic N) is 4. The Balaban J connectivity index is 1.52. The zero-order valence-corrected chi connectivity index (χ0v) is 17.7. The van der Waals surface area contributed by atoms with Crippen molar-refractivity contribution in [2.75, 3.05) is 44.7 Å². The standard InChI is InChI=1S/C20H29FN6S/c1-4-26-7-9-27(10-8-26)18-6-5-16(11-17(18)21)13-24-20(22-3)25-14-19-23-12-15(2)28-19/h5-6,11-12H,4,7-10,13-14H2,1-3H3,(H2,22,24,25). The van der Waals surface area contributed by atoms with Crippen molar-refractivity contribution >= 4 is 23.0 Å². The van der Waals surface area contributed by atoms with Crippen LogP contribution in [0.4, 0.5) is 10.1 Å². The van der Waals surface area contributed by atoms with Gasteiger partial charge in [-0.1, -0.05) is 13.0 Å². The number of hydrogen-bond acceptors (Lipinski definition) is 5. The van der Waals surface area contributed by atoms with E-state index in [1.807, 2.05) is 25.3 Å². The minimum absolute atomic E-state index is 0.162. The zero-order chi connectivity index (χ0) is 19.9. The molecule has 0 saturated carbocycles. The van der Waals surface area contributed by atoms with Crippen LogP contribution in [-0.2, 0) is 13.1 Å². The summed E-state index contributed by atoms with van der Waals surface area (Å²) in [6, 6.07) is 5.49. The van der Waals surface area contributed by atoms with Crippen molar-refractivity contribution in [1.82, 2.24) is 20.5 Å². The summed E-state index contributed by atoms with van der Waals surface area (Å²) < 4.78 is 14.7. The average Bonchev–Trinajstić information content (AvgIpc) is 3.13. The molecule has 1 aliphatic heterocycles. The molecule has 0 radical (unpaired) electrons. The Bertz CT molecular complexity index is 798. The van der Waals surface area contributed by atoms with Gasteiger partial charge in [0.2, 0.25) is 0 Å². The molecule has 1 aliphatic rings. The van der Waals surface area contributed by atoms with Crippen molar-refractivity contribution in [2.24, 2.45) is 4.99 Å². The first-order valence-corrected chi connectivity index (χ1v) is 10.5. The number of hydrogen-bond donors (Lipinski definition) is 2. The van der Waals surface area contributed by atoms with E-state index in [0.29, 0.717) is 24.7 Å². The summed E-state index contributed by atoms with van der Waals surface area (Å²) in [7, 11) is 1.72. The third-order valence-electron chi connectivity index (χ3n) is 4.93. The van der Waals surface area contributed by atoms with Crippen LogP contribution in [0.1, 0.15) is 22.4 Å². The number of aliphatic imine (C=N–C) groups is 1. The number of likely N-dealkylation sites (N-methyl/N-ethyl adjacent to an activating group) is 1. The first kappa shape index (κ1) is 20.5. The number of anilines is 1. The van der Waals surface area contributed by atoms with Crippen molar-refractivity contribution in [3.8, 4) is 0 Å². The summed E-state index contributed by atoms with van der Waals surface area (Å²) in [5.41, 5.74) is 1.59. The monoisotopic (exact) mass is 404 g/mol. The van der Waals surface area contributed by atoms with Gasteiger partial charge >= 0.3 is 0 Å². The first-order chi connectivity index (χ1) is 13.6. The SMILES string of the molecule is CCN1CCN(c2ccc(CNC(=NC)NCc3ncc(C)s3)cc2F)CC1. The Hall–Kier alpha value is -2.19. The minimum Gasteiger partial charge on any atom is -0.367 e. The molecule has 1 fully saturated rings. The van der Waals surface area contributed by atoms with E-state index in [4.69, 9.17) is 0 Å². The normalized spacial score (nSPS) is 15.7. The highest BCUT2D eigenvalue weighted by Crippen LogP contribution is 2.22. The fourth-order valence-corrected chi connectivity index (χ4v) is 4.00. The fraction of sp³-hybridized carbons (Fsp3) is 0.500. The summed E-state index contributed by atoms with van der Waals surface area (Å²) in [4.78, 5) is 14.3. The van der Waals surface area contributed by atoms with Crippen LogP contribution >= 0.6 is 11.3 Å². The second-order valence-corrected chi connectivity index (χ2v) is 8.17. The second kappa shape index (κ2) is 9.84. The van der Waals surface area contributed by atoms with Gasteiger partial charge in [0, 0.05) is 50.8 Å². The first-order valence-electron chi connectivity index (χ1n) is 9.70. The summed E-state index contributed by atoms with van der Waals surface area (Å²) in [5.74, 6) is 0.512. The molecule has 1 saturated heterocycles. The molecule has 2 heterocycles. The third kappa shape index (κ3) is 5.42. The van der Waals surface area contributed by atoms with Crippen LogP contribution in [0.2, 0.25) is 0 Å². The summed E-state index contributed by atoms with van der Waals surface area (Å²) in [6.45, 7) is 10.1. The van der Waals surface area contributed by atoms with Crippen LogP contribution < -0.4 is 15.5 Å². The van der Waals surface area contributed by atoms with Crippen LogP contribution in [0.15, 0.2) is 29.4 Å². The zero-order valence-electron chi connectivity index (χ0n) is 16.8. The molecule has 8 heteroatoms. The Morgan fingerprint density at radius 2 is 1.96 bits per heavy atom. The largest absolute Gasteiger partial charge is 0.367 e. The highest BCUT2D eigenvalue weighted by molar-refractivity contribution is 7.11. The molecular formula is C20H29FN6S. The molecular weight excluding hydrogens is 375 g/mol. The lowest BCUT2D eigenvalue weighted by Gasteiger charge is -2.35. The maximum atomic E-state index is 14.7. The van der Waals surface area contributed by atoms with Crippen LogP contribution in [-0.4, -0.2) is 55.6 Å². The predicted molar refractivity (Wildman–Crippen MR) is 115 cm³/mol. The molecule has 28 heavy (non-hydrogen) atoms. The van der Waals surface area contributed by atoms with Gasteiger partial charge in [0.1, 0.15) is 10.8 Å². The Morgan fingerprint density at radius 1 is 1.21 bits per heavy atom. The van der Waals surface area contributed by atoms with Crippen molar-refractivity contribution < 1.29 is 4.39 Å². The fourth-order valence-electron chi connectivity index (χ4n) is 3.27. The minimum atomic E-state index is -0.162. The van der Waals surface area contributed by atoms with E-state index in [1.165, 1.54) is 4.88 Å². The van der Waals surface area contributed by atoms with Gasteiger partial charge in [0.15, 0.2) is 5.96 Å². The molecule has 0 atom stereocenters. The van der Waals surface area contributed by atoms with E-state index >= 15 is 0 Å². The molecule has 0 spiro atoms. The number of nitrogens with one attached hydrogen (secondary N) is 2. The van der Waals surface area contributed by atoms with Gasteiger partial charge < -0.3 is 20.4 Å². The molecule has 1 aromatic carbocycles. The molecule has 6 nitrogen and oxygen atoms in total. The molecule has 2 aromatic rings. The third-order valence-corrected chi connectivity index (χ3v) is 5.84. The molecule has 0 aliphatic carbocycles. The molecule has 0 unspecified atom stereocenters. The van der Waals surface area contributed by atoms with Crippen molar-refractivity contribution in [3.05, 3.63) is 45.7 Å². The molecule has 0 bridgehead atoms. The van der Waals surface area contributed by atoms with Crippen molar-refractivity contribution in [2.45, 2.75) is 26.9 Å². The van der Waals surface area contributed by atoms with Gasteiger partial charge in [-0.25, -0.2) is 9.37 Å². The van der Waals surface area contributed by atoms with Gasteiger partial charge in [0.25, 0.3) is 0 Å². The number of rotatable bonds is 6. The number of guanidine groups is 1. The molecule has 152 valence electrons. The topological polar surface area (TPSA) is 55.8 Å². The van der Waals surface area contributed by atoms with Gasteiger partial charge in [-0.2, -0.15) is 0 Å². The number of halogens is 1. The van der Waals surface area contributed by atoms with E-state index in [-0.39, 0.29) is 5.82 Å². The summed E-state index contributed by atoms with van der Waals surface area (Å²) in [5, 5.41) is 7.48. The Kier molecular flexibility index (Phi) is 7.22. The van der Waals surface area contributed by atoms with Crippen molar-refractivity contribution in [3.63, 3.8) is 0 Å². The summed E-state index contributed by atoms with van der Waals surface area (Å²) in [6.07, 6.45) is 1.87. The van der Waals surface area contributed by atoms with E-state index in [0.717, 1.165) is 43.3 Å². The number of aromatic nitrogens is 1. The maximum Gasteiger partial charge on any atom is 0.191 e. The van der Waals surface area contributed by atoms with Crippen LogP contribution in [0.5, 0.6) is 0 Å². The second-order valence-electron chi connectivity index (χ2n) is 6.85. The molecule has 3 rings (SSSR count). The molecule has 2 N–H and O–H groups in total. The lowest BCUT2D eigenvalue weighted by Crippen LogP contribution is -2.46. The van der Waals surface area contributed by atoms with Crippen LogP contribution in [0.3, 0.4) is 0 Å². The highest BCUT2D eigenvalue weighted by Gasteiger charge is 2.18. The lowest BCUT2D eigenvalue weighted by atomic mass is 10.1. The number of aryl methyl sites for hydroxylation is 1. The van der Waals surface area contributed by atoms with Crippen molar-refractivity contribution in [1.29, 1.82) is 0 Å². The average molecular weight is 405 g/mol. The Morgan fingerprint density at radius 3 is 2.57 bits per heavy atom. The lowest BCUT2D eigenvalue weighted by molar-refractivity contribution is 0.270. The van der Waals surface area contributed by atoms with E-state index in [1.54, 1.807) is 24.5 Å². The van der Waals surface area contributed by atoms with Crippen LogP contribution in [0.25, 0.3) is 0 Å². The number of benzene rings is 1. The highest BCUT2D eigenvalue weighted by atomic mass is 32.1. The van der Waals surface area contributed by atoms with Gasteiger partial charge in [-0.15, -0.1) is 11.3 Å². The van der Waals surface area contributed by atoms with Gasteiger partial charge in [-0.3, -0.25) is 4.99 Å². The van der Waals surface area contributed by atoms with E-state index < -0.39 is 0 Å². The Labute approximate surface area is 170 Å². The maximum absolute atomic E-state index is 14.7. The smallest absolute Gasteiger partial charge is 0.191 e. The van der Waals surface area contributed by atoms with Gasteiger partial charge in [-0.05, 0) is 31.2 Å². The molecule has 0 amide bonds. The van der Waals surface area contributed by atoms with E-state index in [2.05, 4.69) is 37.3 Å². The number of thiazole rings is 1. The van der Waals surface area contributed by atoms with E-state index in [9.17, 15) is 4.39 Å². The number of piperazine rings is 1. The quantitative estimate of drug-likeness (QED) is 0.573. The van der Waals surface area contributed by atoms with Gasteiger partial charge in [0.05, 0.1) is 12.2 Å².